The van der Waals surface area contributed by atoms with Gasteiger partial charge >= 0.3 is 0 Å². The summed E-state index contributed by atoms with van der Waals surface area (Å²) in [5.74, 6) is 0.982. The third kappa shape index (κ3) is 5.88. The van der Waals surface area contributed by atoms with E-state index in [0.717, 1.165) is 17.8 Å². The highest BCUT2D eigenvalue weighted by atomic mass is 35.5. The number of hydrogen-bond acceptors (Lipinski definition) is 3. The van der Waals surface area contributed by atoms with Gasteiger partial charge in [-0.15, -0.1) is 0 Å². The number of anilines is 1. The van der Waals surface area contributed by atoms with Crippen molar-refractivity contribution in [3.63, 3.8) is 0 Å². The second-order valence-corrected chi connectivity index (χ2v) is 7.24. The van der Waals surface area contributed by atoms with Gasteiger partial charge in [-0.2, -0.15) is 0 Å². The molecule has 0 aliphatic carbocycles. The number of hydrogen-bond donors (Lipinski definition) is 2. The molecule has 2 aromatic rings. The summed E-state index contributed by atoms with van der Waals surface area (Å²) < 4.78 is 5.14. The Bertz CT molecular complexity index is 770. The Morgan fingerprint density at radius 2 is 1.81 bits per heavy atom. The van der Waals surface area contributed by atoms with E-state index in [2.05, 4.69) is 39.5 Å². The average Bonchev–Trinajstić information content (AvgIpc) is 2.68. The topological polar surface area (TPSA) is 62.9 Å². The Labute approximate surface area is 166 Å². The third-order valence-electron chi connectivity index (χ3n) is 4.73. The van der Waals surface area contributed by atoms with Crippen molar-refractivity contribution in [3.8, 4) is 5.75 Å². The van der Waals surface area contributed by atoms with Crippen molar-refractivity contribution < 1.29 is 4.74 Å². The number of nitrogens with two attached hydrogens (primary N) is 1. The summed E-state index contributed by atoms with van der Waals surface area (Å²) in [5.41, 5.74) is 9.25. The second-order valence-electron chi connectivity index (χ2n) is 6.83. The van der Waals surface area contributed by atoms with Crippen molar-refractivity contribution in [2.24, 2.45) is 10.7 Å². The monoisotopic (exact) mass is 386 g/mol. The van der Waals surface area contributed by atoms with Crippen molar-refractivity contribution in [2.45, 2.75) is 32.4 Å². The SMILES string of the molecule is COc1ccc(NC(N)=NCc2ccc(CN3CCCCC3)cc2)cc1Cl. The first kappa shape index (κ1) is 19.5. The van der Waals surface area contributed by atoms with Gasteiger partial charge in [0.25, 0.3) is 0 Å². The molecule has 0 unspecified atom stereocenters. The van der Waals surface area contributed by atoms with Gasteiger partial charge in [-0.05, 0) is 55.3 Å². The summed E-state index contributed by atoms with van der Waals surface area (Å²) in [6.45, 7) is 3.99. The quantitative estimate of drug-likeness (QED) is 0.575. The number of halogens is 1. The Morgan fingerprint density at radius 1 is 1.11 bits per heavy atom. The minimum atomic E-state index is 0.355. The number of nitrogens with one attached hydrogen (secondary N) is 1. The highest BCUT2D eigenvalue weighted by Gasteiger charge is 2.10. The second kappa shape index (κ2) is 9.62. The van der Waals surface area contributed by atoms with Crippen LogP contribution < -0.4 is 15.8 Å². The van der Waals surface area contributed by atoms with Gasteiger partial charge in [-0.1, -0.05) is 42.3 Å². The van der Waals surface area contributed by atoms with E-state index in [9.17, 15) is 0 Å². The summed E-state index contributed by atoms with van der Waals surface area (Å²) in [7, 11) is 1.59. The fraction of sp³-hybridized carbons (Fsp3) is 0.381. The predicted molar refractivity (Wildman–Crippen MR) is 113 cm³/mol. The molecule has 2 aromatic carbocycles. The lowest BCUT2D eigenvalue weighted by Gasteiger charge is -2.26. The van der Waals surface area contributed by atoms with Crippen LogP contribution in [-0.4, -0.2) is 31.1 Å². The molecule has 1 fully saturated rings. The normalized spacial score (nSPS) is 15.6. The van der Waals surface area contributed by atoms with E-state index in [0.29, 0.717) is 23.3 Å². The molecule has 144 valence electrons. The van der Waals surface area contributed by atoms with Gasteiger partial charge in [0, 0.05) is 12.2 Å². The van der Waals surface area contributed by atoms with Gasteiger partial charge in [0.2, 0.25) is 0 Å². The smallest absolute Gasteiger partial charge is 0.193 e. The molecule has 1 aliphatic rings. The summed E-state index contributed by atoms with van der Waals surface area (Å²) in [5, 5.41) is 3.58. The van der Waals surface area contributed by atoms with Gasteiger partial charge < -0.3 is 15.8 Å². The zero-order valence-electron chi connectivity index (χ0n) is 15.7. The zero-order chi connectivity index (χ0) is 19.1. The number of likely N-dealkylation sites (tertiary alicyclic amines) is 1. The van der Waals surface area contributed by atoms with E-state index in [1.165, 1.54) is 37.9 Å². The van der Waals surface area contributed by atoms with Crippen LogP contribution in [0.3, 0.4) is 0 Å². The van der Waals surface area contributed by atoms with Crippen molar-refractivity contribution in [3.05, 3.63) is 58.6 Å². The van der Waals surface area contributed by atoms with Gasteiger partial charge in [0.05, 0.1) is 18.7 Å². The Balaban J connectivity index is 1.52. The highest BCUT2D eigenvalue weighted by Crippen LogP contribution is 2.27. The molecule has 1 saturated heterocycles. The molecule has 1 aliphatic heterocycles. The van der Waals surface area contributed by atoms with Crippen LogP contribution in [0.5, 0.6) is 5.75 Å². The maximum absolute atomic E-state index is 6.12. The Kier molecular flexibility index (Phi) is 6.96. The third-order valence-corrected chi connectivity index (χ3v) is 5.03. The number of nitrogens with zero attached hydrogens (tertiary/aromatic N) is 2. The minimum absolute atomic E-state index is 0.355. The van der Waals surface area contributed by atoms with Crippen molar-refractivity contribution in [1.29, 1.82) is 0 Å². The van der Waals surface area contributed by atoms with Crippen molar-refractivity contribution in [2.75, 3.05) is 25.5 Å². The van der Waals surface area contributed by atoms with Gasteiger partial charge in [-0.25, -0.2) is 4.99 Å². The largest absolute Gasteiger partial charge is 0.495 e. The van der Waals surface area contributed by atoms with E-state index in [1.807, 2.05) is 6.07 Å². The van der Waals surface area contributed by atoms with Crippen LogP contribution in [0.15, 0.2) is 47.5 Å². The molecule has 3 N–H and O–H groups in total. The zero-order valence-corrected chi connectivity index (χ0v) is 16.5. The molecule has 0 atom stereocenters. The molecule has 5 nitrogen and oxygen atoms in total. The summed E-state index contributed by atoms with van der Waals surface area (Å²) in [4.78, 5) is 6.93. The summed E-state index contributed by atoms with van der Waals surface area (Å²) >= 11 is 6.12. The number of ether oxygens (including phenoxy) is 1. The van der Waals surface area contributed by atoms with E-state index < -0.39 is 0 Å². The van der Waals surface area contributed by atoms with Crippen molar-refractivity contribution in [1.82, 2.24) is 4.90 Å². The molecule has 1 heterocycles. The average molecular weight is 387 g/mol. The molecule has 0 radical (unpaired) electrons. The van der Waals surface area contributed by atoms with E-state index in [1.54, 1.807) is 19.2 Å². The molecule has 6 heteroatoms. The molecular weight excluding hydrogens is 360 g/mol. The van der Waals surface area contributed by atoms with E-state index >= 15 is 0 Å². The van der Waals surface area contributed by atoms with Crippen LogP contribution in [0.25, 0.3) is 0 Å². The number of piperidine rings is 1. The minimum Gasteiger partial charge on any atom is -0.495 e. The fourth-order valence-corrected chi connectivity index (χ4v) is 3.49. The molecular formula is C21H27ClN4O. The first-order valence-electron chi connectivity index (χ1n) is 9.35. The predicted octanol–water partition coefficient (Wildman–Crippen LogP) is 4.26. The lowest BCUT2D eigenvalue weighted by Crippen LogP contribution is -2.29. The maximum Gasteiger partial charge on any atom is 0.193 e. The lowest BCUT2D eigenvalue weighted by molar-refractivity contribution is 0.221. The number of rotatable bonds is 6. The van der Waals surface area contributed by atoms with Crippen LogP contribution in [0, 0.1) is 0 Å². The lowest BCUT2D eigenvalue weighted by atomic mass is 10.1. The number of guanidine groups is 1. The summed E-state index contributed by atoms with van der Waals surface area (Å²) in [6, 6.07) is 14.0. The molecule has 0 amide bonds. The molecule has 0 aromatic heterocycles. The van der Waals surface area contributed by atoms with Crippen LogP contribution in [0.4, 0.5) is 5.69 Å². The number of aliphatic imine (C=N–C) groups is 1. The van der Waals surface area contributed by atoms with Gasteiger partial charge in [0.15, 0.2) is 5.96 Å². The fourth-order valence-electron chi connectivity index (χ4n) is 3.23. The highest BCUT2D eigenvalue weighted by molar-refractivity contribution is 6.32. The molecule has 0 bridgehead atoms. The standard InChI is InChI=1S/C21H27ClN4O/c1-27-20-10-9-18(13-19(20)22)25-21(23)24-14-16-5-7-17(8-6-16)15-26-11-3-2-4-12-26/h5-10,13H,2-4,11-12,14-15H2,1H3,(H3,23,24,25). The molecule has 0 saturated carbocycles. The molecule has 27 heavy (non-hydrogen) atoms. The van der Waals surface area contributed by atoms with Crippen LogP contribution in [0.2, 0.25) is 5.02 Å². The Hall–Kier alpha value is -2.24. The molecule has 0 spiro atoms. The first-order chi connectivity index (χ1) is 13.1. The number of methoxy groups -OCH3 is 1. The van der Waals surface area contributed by atoms with Gasteiger partial charge in [-0.3, -0.25) is 4.90 Å². The van der Waals surface area contributed by atoms with Crippen LogP contribution in [0.1, 0.15) is 30.4 Å². The molecule has 3 rings (SSSR count). The van der Waals surface area contributed by atoms with Gasteiger partial charge in [0.1, 0.15) is 5.75 Å². The van der Waals surface area contributed by atoms with Crippen molar-refractivity contribution >= 4 is 23.2 Å². The number of benzene rings is 2. The van der Waals surface area contributed by atoms with Crippen LogP contribution >= 0.6 is 11.6 Å². The van der Waals surface area contributed by atoms with E-state index in [-0.39, 0.29) is 0 Å². The summed E-state index contributed by atoms with van der Waals surface area (Å²) in [6.07, 6.45) is 4.00. The Morgan fingerprint density at radius 3 is 2.48 bits per heavy atom. The first-order valence-corrected chi connectivity index (χ1v) is 9.72. The van der Waals surface area contributed by atoms with Crippen LogP contribution in [-0.2, 0) is 13.1 Å². The maximum atomic E-state index is 6.12. The van der Waals surface area contributed by atoms with E-state index in [4.69, 9.17) is 22.1 Å².